The Morgan fingerprint density at radius 3 is 2.58 bits per heavy atom. The first-order valence-corrected chi connectivity index (χ1v) is 10.2. The molecule has 1 aromatic heterocycles. The number of halogens is 1. The van der Waals surface area contributed by atoms with Crippen LogP contribution >= 0.6 is 11.6 Å². The summed E-state index contributed by atoms with van der Waals surface area (Å²) in [5, 5.41) is 2.30. The third-order valence-electron chi connectivity index (χ3n) is 6.26. The van der Waals surface area contributed by atoms with Gasteiger partial charge >= 0.3 is 0 Å². The van der Waals surface area contributed by atoms with Crippen LogP contribution in [0.5, 0.6) is 0 Å². The van der Waals surface area contributed by atoms with Gasteiger partial charge in [0.15, 0.2) is 0 Å². The minimum atomic E-state index is 0.724. The molecular formula is C23H25ClN2. The molecule has 2 nitrogen and oxygen atoms in total. The third kappa shape index (κ3) is 2.76. The molecule has 1 fully saturated rings. The molecule has 0 aliphatic carbocycles. The zero-order valence-corrected chi connectivity index (χ0v) is 16.1. The van der Waals surface area contributed by atoms with Crippen molar-refractivity contribution >= 4 is 22.5 Å². The van der Waals surface area contributed by atoms with Crippen molar-refractivity contribution in [2.75, 3.05) is 13.1 Å². The molecule has 0 amide bonds. The monoisotopic (exact) mass is 364 g/mol. The molecule has 3 heteroatoms. The van der Waals surface area contributed by atoms with E-state index >= 15 is 0 Å². The van der Waals surface area contributed by atoms with E-state index in [0.29, 0.717) is 0 Å². The number of hydrogen-bond acceptors (Lipinski definition) is 1. The number of fused-ring (bicyclic) bond motifs is 3. The van der Waals surface area contributed by atoms with E-state index < -0.39 is 0 Å². The predicted molar refractivity (Wildman–Crippen MR) is 109 cm³/mol. The molecule has 0 saturated carbocycles. The molecule has 2 bridgehead atoms. The zero-order valence-electron chi connectivity index (χ0n) is 15.3. The summed E-state index contributed by atoms with van der Waals surface area (Å²) in [6.45, 7) is 6.89. The molecule has 6 rings (SSSR count). The summed E-state index contributed by atoms with van der Waals surface area (Å²) in [7, 11) is 0. The highest BCUT2D eigenvalue weighted by molar-refractivity contribution is 6.30. The fourth-order valence-electron chi connectivity index (χ4n) is 4.91. The smallest absolute Gasteiger partial charge is 0.0486 e. The summed E-state index contributed by atoms with van der Waals surface area (Å²) >= 11 is 6.05. The van der Waals surface area contributed by atoms with Gasteiger partial charge in [0, 0.05) is 40.6 Å². The standard InChI is InChI=1S/C23H25ClN2/c1-16-2-7-22-20(14-16)21-15-25-11-9-18(10-12-25)23(21)26(22)13-8-17-3-5-19(24)6-4-17/h2-7,14,18H,8-13,15H2,1H3. The summed E-state index contributed by atoms with van der Waals surface area (Å²) in [6, 6.07) is 15.3. The van der Waals surface area contributed by atoms with Crippen LogP contribution in [0.3, 0.4) is 0 Å². The molecule has 0 N–H and O–H groups in total. The van der Waals surface area contributed by atoms with Crippen LogP contribution in [0.4, 0.5) is 0 Å². The Morgan fingerprint density at radius 1 is 1.04 bits per heavy atom. The van der Waals surface area contributed by atoms with Gasteiger partial charge in [-0.05, 0) is 74.7 Å². The molecule has 3 aromatic rings. The van der Waals surface area contributed by atoms with Crippen molar-refractivity contribution in [3.8, 4) is 0 Å². The van der Waals surface area contributed by atoms with Crippen LogP contribution in [-0.2, 0) is 19.5 Å². The summed E-state index contributed by atoms with van der Waals surface area (Å²) in [5.74, 6) is 0.724. The molecule has 4 heterocycles. The van der Waals surface area contributed by atoms with Gasteiger partial charge < -0.3 is 4.57 Å². The summed E-state index contributed by atoms with van der Waals surface area (Å²) in [4.78, 5) is 2.65. The molecular weight excluding hydrogens is 340 g/mol. The summed E-state index contributed by atoms with van der Waals surface area (Å²) in [6.07, 6.45) is 3.67. The third-order valence-corrected chi connectivity index (χ3v) is 6.51. The fourth-order valence-corrected chi connectivity index (χ4v) is 5.04. The second kappa shape index (κ2) is 6.44. The van der Waals surface area contributed by atoms with Gasteiger partial charge in [0.25, 0.3) is 0 Å². The number of piperidine rings is 1. The van der Waals surface area contributed by atoms with Crippen LogP contribution in [0.2, 0.25) is 5.02 Å². The molecule has 0 spiro atoms. The quantitative estimate of drug-likeness (QED) is 0.592. The van der Waals surface area contributed by atoms with Crippen LogP contribution in [-0.4, -0.2) is 22.6 Å². The van der Waals surface area contributed by atoms with Gasteiger partial charge in [0.2, 0.25) is 0 Å². The van der Waals surface area contributed by atoms with E-state index in [1.165, 1.54) is 48.0 Å². The topological polar surface area (TPSA) is 8.17 Å². The minimum absolute atomic E-state index is 0.724. The highest BCUT2D eigenvalue weighted by atomic mass is 35.5. The van der Waals surface area contributed by atoms with Gasteiger partial charge in [-0.25, -0.2) is 0 Å². The summed E-state index contributed by atoms with van der Waals surface area (Å²) < 4.78 is 2.64. The van der Waals surface area contributed by atoms with Crippen molar-refractivity contribution in [2.45, 2.75) is 45.2 Å². The van der Waals surface area contributed by atoms with Gasteiger partial charge in [-0.15, -0.1) is 0 Å². The Bertz CT molecular complexity index is 946. The lowest BCUT2D eigenvalue weighted by Crippen LogP contribution is -2.29. The number of benzene rings is 2. The SMILES string of the molecule is Cc1ccc2c(c1)c1c(n2CCc2ccc(Cl)cc2)C2CCN(CC2)C1. The molecule has 1 saturated heterocycles. The predicted octanol–water partition coefficient (Wildman–Crippen LogP) is 5.54. The molecule has 3 aliphatic rings. The fraction of sp³-hybridized carbons (Fsp3) is 0.391. The zero-order chi connectivity index (χ0) is 17.7. The highest BCUT2D eigenvalue weighted by Gasteiger charge is 2.32. The van der Waals surface area contributed by atoms with Crippen LogP contribution in [0.25, 0.3) is 10.9 Å². The first kappa shape index (κ1) is 16.4. The lowest BCUT2D eigenvalue weighted by Gasteiger charge is -2.27. The molecule has 0 unspecified atom stereocenters. The summed E-state index contributed by atoms with van der Waals surface area (Å²) in [5.41, 5.74) is 7.36. The van der Waals surface area contributed by atoms with Crippen molar-refractivity contribution in [2.24, 2.45) is 0 Å². The molecule has 2 aromatic carbocycles. The lowest BCUT2D eigenvalue weighted by molar-refractivity contribution is 0.219. The maximum Gasteiger partial charge on any atom is 0.0486 e. The normalized spacial score (nSPS) is 21.8. The number of aromatic nitrogens is 1. The average molecular weight is 365 g/mol. The second-order valence-electron chi connectivity index (χ2n) is 7.96. The lowest BCUT2D eigenvalue weighted by atomic mass is 9.94. The highest BCUT2D eigenvalue weighted by Crippen LogP contribution is 2.41. The Balaban J connectivity index is 1.59. The van der Waals surface area contributed by atoms with E-state index in [4.69, 9.17) is 11.6 Å². The van der Waals surface area contributed by atoms with Crippen molar-refractivity contribution in [3.05, 3.63) is 69.9 Å². The van der Waals surface area contributed by atoms with Crippen molar-refractivity contribution < 1.29 is 0 Å². The van der Waals surface area contributed by atoms with Crippen LogP contribution in [0, 0.1) is 6.92 Å². The van der Waals surface area contributed by atoms with Crippen LogP contribution in [0.15, 0.2) is 42.5 Å². The van der Waals surface area contributed by atoms with Crippen molar-refractivity contribution in [1.82, 2.24) is 9.47 Å². The first-order chi connectivity index (χ1) is 12.7. The van der Waals surface area contributed by atoms with Crippen molar-refractivity contribution in [1.29, 1.82) is 0 Å². The van der Waals surface area contributed by atoms with Crippen LogP contribution < -0.4 is 0 Å². The van der Waals surface area contributed by atoms with Gasteiger partial charge in [-0.1, -0.05) is 35.4 Å². The van der Waals surface area contributed by atoms with Gasteiger partial charge in [-0.3, -0.25) is 4.90 Å². The largest absolute Gasteiger partial charge is 0.344 e. The Kier molecular flexibility index (Phi) is 4.06. The Labute approximate surface area is 160 Å². The molecule has 134 valence electrons. The van der Waals surface area contributed by atoms with E-state index in [-0.39, 0.29) is 0 Å². The van der Waals surface area contributed by atoms with E-state index in [2.05, 4.69) is 46.7 Å². The van der Waals surface area contributed by atoms with Gasteiger partial charge in [-0.2, -0.15) is 0 Å². The number of rotatable bonds is 3. The maximum absolute atomic E-state index is 6.05. The molecule has 0 atom stereocenters. The second-order valence-corrected chi connectivity index (χ2v) is 8.40. The van der Waals surface area contributed by atoms with Crippen LogP contribution in [0.1, 0.15) is 41.1 Å². The molecule has 3 aliphatic heterocycles. The molecule has 26 heavy (non-hydrogen) atoms. The first-order valence-electron chi connectivity index (χ1n) is 9.77. The van der Waals surface area contributed by atoms with E-state index in [0.717, 1.165) is 30.5 Å². The number of nitrogens with zero attached hydrogens (tertiary/aromatic N) is 2. The van der Waals surface area contributed by atoms with Gasteiger partial charge in [0.05, 0.1) is 0 Å². The average Bonchev–Trinajstić information content (AvgIpc) is 2.78. The Hall–Kier alpha value is -1.77. The maximum atomic E-state index is 6.05. The number of hydrogen-bond donors (Lipinski definition) is 0. The van der Waals surface area contributed by atoms with Crippen molar-refractivity contribution in [3.63, 3.8) is 0 Å². The minimum Gasteiger partial charge on any atom is -0.344 e. The Morgan fingerprint density at radius 2 is 1.81 bits per heavy atom. The van der Waals surface area contributed by atoms with E-state index in [9.17, 15) is 0 Å². The van der Waals surface area contributed by atoms with E-state index in [1.807, 2.05) is 12.1 Å². The van der Waals surface area contributed by atoms with Gasteiger partial charge in [0.1, 0.15) is 0 Å². The molecule has 0 radical (unpaired) electrons. The number of aryl methyl sites for hydroxylation is 3. The van der Waals surface area contributed by atoms with E-state index in [1.54, 1.807) is 11.3 Å².